The van der Waals surface area contributed by atoms with Crippen molar-refractivity contribution in [3.05, 3.63) is 36.1 Å². The lowest BCUT2D eigenvalue weighted by atomic mass is 10.1. The predicted octanol–water partition coefficient (Wildman–Crippen LogP) is 4.53. The zero-order valence-electron chi connectivity index (χ0n) is 9.37. The van der Waals surface area contributed by atoms with E-state index in [1.54, 1.807) is 12.2 Å². The number of unbranched alkanes of at least 4 members (excludes halogenated alkanes) is 4. The smallest absolute Gasteiger partial charge is 0.115 e. The van der Waals surface area contributed by atoms with Gasteiger partial charge in [0.05, 0.1) is 0 Å². The highest BCUT2D eigenvalue weighted by Crippen LogP contribution is 2.03. The molecule has 0 aromatic rings. The molecule has 0 aromatic carbocycles. The van der Waals surface area contributed by atoms with Gasteiger partial charge in [0, 0.05) is 0 Å². The van der Waals surface area contributed by atoms with Gasteiger partial charge in [-0.15, -0.1) is 0 Å². The fraction of sp³-hybridized carbons (Fsp3) is 0.538. The maximum absolute atomic E-state index is 9.21. The van der Waals surface area contributed by atoms with E-state index in [1.165, 1.54) is 25.7 Å². The second-order valence-electron chi connectivity index (χ2n) is 3.37. The van der Waals surface area contributed by atoms with Crippen LogP contribution in [0.3, 0.4) is 0 Å². The molecule has 0 rings (SSSR count). The van der Waals surface area contributed by atoms with Crippen molar-refractivity contribution in [1.29, 1.82) is 0 Å². The van der Waals surface area contributed by atoms with Crippen LogP contribution in [0.2, 0.25) is 0 Å². The van der Waals surface area contributed by atoms with Crippen molar-refractivity contribution in [3.63, 3.8) is 0 Å². The van der Waals surface area contributed by atoms with E-state index in [4.69, 9.17) is 0 Å². The summed E-state index contributed by atoms with van der Waals surface area (Å²) in [5.41, 5.74) is 0. The Kier molecular flexibility index (Phi) is 9.40. The van der Waals surface area contributed by atoms with Gasteiger partial charge in [-0.2, -0.15) is 0 Å². The molecule has 0 aliphatic heterocycles. The molecule has 0 fully saturated rings. The number of hydrogen-bond acceptors (Lipinski definition) is 1. The first kappa shape index (κ1) is 13.0. The second kappa shape index (κ2) is 10.1. The van der Waals surface area contributed by atoms with Crippen LogP contribution < -0.4 is 0 Å². The van der Waals surface area contributed by atoms with Gasteiger partial charge >= 0.3 is 0 Å². The maximum Gasteiger partial charge on any atom is 0.115 e. The summed E-state index contributed by atoms with van der Waals surface area (Å²) in [7, 11) is 0. The molecule has 14 heavy (non-hydrogen) atoms. The monoisotopic (exact) mass is 194 g/mol. The predicted molar refractivity (Wildman–Crippen MR) is 63.4 cm³/mol. The summed E-state index contributed by atoms with van der Waals surface area (Å²) >= 11 is 0. The summed E-state index contributed by atoms with van der Waals surface area (Å²) in [6.07, 6.45) is 15.5. The minimum absolute atomic E-state index is 0.317. The van der Waals surface area contributed by atoms with Gasteiger partial charge in [-0.05, 0) is 31.9 Å². The average Bonchev–Trinajstić information content (AvgIpc) is 2.17. The third kappa shape index (κ3) is 9.11. The Hall–Kier alpha value is -0.980. The second-order valence-corrected chi connectivity index (χ2v) is 3.37. The molecule has 1 N–H and O–H groups in total. The Morgan fingerprint density at radius 2 is 2.00 bits per heavy atom. The van der Waals surface area contributed by atoms with Crippen LogP contribution >= 0.6 is 0 Å². The molecule has 0 saturated carbocycles. The summed E-state index contributed by atoms with van der Waals surface area (Å²) in [6.45, 7) is 4.10. The van der Waals surface area contributed by atoms with Gasteiger partial charge in [-0.25, -0.2) is 0 Å². The minimum Gasteiger partial charge on any atom is -0.508 e. The summed E-state index contributed by atoms with van der Waals surface area (Å²) in [5, 5.41) is 9.21. The van der Waals surface area contributed by atoms with Gasteiger partial charge in [0.2, 0.25) is 0 Å². The van der Waals surface area contributed by atoms with E-state index < -0.39 is 0 Å². The van der Waals surface area contributed by atoms with E-state index in [9.17, 15) is 5.11 Å². The fourth-order valence-electron chi connectivity index (χ4n) is 1.18. The SMILES string of the molecule is C/C=C/C(O)=C/C=C/CCCCCC. The van der Waals surface area contributed by atoms with Crippen molar-refractivity contribution >= 4 is 0 Å². The third-order valence-corrected chi connectivity index (χ3v) is 1.96. The Balaban J connectivity index is 3.48. The highest BCUT2D eigenvalue weighted by Gasteiger charge is 1.84. The molecule has 0 aliphatic carbocycles. The van der Waals surface area contributed by atoms with Crippen LogP contribution in [0.1, 0.15) is 46.0 Å². The maximum atomic E-state index is 9.21. The number of rotatable bonds is 7. The largest absolute Gasteiger partial charge is 0.508 e. The molecule has 0 spiro atoms. The van der Waals surface area contributed by atoms with Crippen LogP contribution in [0.4, 0.5) is 0 Å². The first-order valence-electron chi connectivity index (χ1n) is 5.49. The standard InChI is InChI=1S/C13H22O/c1-3-5-6-7-8-9-10-12-13(14)11-4-2/h4,9-12,14H,3,5-8H2,1-2H3/b10-9+,11-4+,13-12-. The number of allylic oxidation sites excluding steroid dienone is 5. The van der Waals surface area contributed by atoms with Crippen LogP contribution in [0.25, 0.3) is 0 Å². The highest BCUT2D eigenvalue weighted by atomic mass is 16.3. The lowest BCUT2D eigenvalue weighted by Crippen LogP contribution is -1.74. The molecule has 0 saturated heterocycles. The van der Waals surface area contributed by atoms with E-state index >= 15 is 0 Å². The Labute approximate surface area is 87.8 Å². The number of aliphatic hydroxyl groups is 1. The molecule has 0 aliphatic rings. The molecule has 0 unspecified atom stereocenters. The lowest BCUT2D eigenvalue weighted by molar-refractivity contribution is 0.432. The van der Waals surface area contributed by atoms with E-state index in [-0.39, 0.29) is 0 Å². The molecule has 80 valence electrons. The van der Waals surface area contributed by atoms with Gasteiger partial charge < -0.3 is 5.11 Å². The van der Waals surface area contributed by atoms with Crippen molar-refractivity contribution in [2.24, 2.45) is 0 Å². The van der Waals surface area contributed by atoms with Gasteiger partial charge in [-0.1, -0.05) is 44.4 Å². The molecule has 1 heteroatoms. The summed E-state index contributed by atoms with van der Waals surface area (Å²) in [5.74, 6) is 0.317. The van der Waals surface area contributed by atoms with Crippen molar-refractivity contribution in [2.75, 3.05) is 0 Å². The summed E-state index contributed by atoms with van der Waals surface area (Å²) in [4.78, 5) is 0. The van der Waals surface area contributed by atoms with Gasteiger partial charge in [0.25, 0.3) is 0 Å². The summed E-state index contributed by atoms with van der Waals surface area (Å²) < 4.78 is 0. The molecule has 0 amide bonds. The molecular formula is C13H22O. The van der Waals surface area contributed by atoms with Crippen LogP contribution in [0.5, 0.6) is 0 Å². The van der Waals surface area contributed by atoms with E-state index in [0.29, 0.717) is 5.76 Å². The lowest BCUT2D eigenvalue weighted by Gasteiger charge is -1.93. The Bertz CT molecular complexity index is 199. The number of hydrogen-bond donors (Lipinski definition) is 1. The van der Waals surface area contributed by atoms with Gasteiger partial charge in [-0.3, -0.25) is 0 Å². The normalized spacial score (nSPS) is 13.1. The Morgan fingerprint density at radius 3 is 2.64 bits per heavy atom. The quantitative estimate of drug-likeness (QED) is 0.358. The zero-order chi connectivity index (χ0) is 10.6. The number of aliphatic hydroxyl groups excluding tert-OH is 1. The molecule has 0 heterocycles. The van der Waals surface area contributed by atoms with Crippen LogP contribution in [0.15, 0.2) is 36.1 Å². The van der Waals surface area contributed by atoms with Crippen molar-refractivity contribution in [1.82, 2.24) is 0 Å². The first-order valence-corrected chi connectivity index (χ1v) is 5.49. The fourth-order valence-corrected chi connectivity index (χ4v) is 1.18. The Morgan fingerprint density at radius 1 is 1.21 bits per heavy atom. The average molecular weight is 194 g/mol. The van der Waals surface area contributed by atoms with E-state index in [0.717, 1.165) is 6.42 Å². The molecule has 0 bridgehead atoms. The molecule has 1 nitrogen and oxygen atoms in total. The first-order chi connectivity index (χ1) is 6.81. The topological polar surface area (TPSA) is 20.2 Å². The van der Waals surface area contributed by atoms with Crippen molar-refractivity contribution in [2.45, 2.75) is 46.0 Å². The van der Waals surface area contributed by atoms with Gasteiger partial charge in [0.1, 0.15) is 5.76 Å². The molecule has 0 atom stereocenters. The molecule has 0 aromatic heterocycles. The van der Waals surface area contributed by atoms with Crippen LogP contribution in [-0.4, -0.2) is 5.11 Å². The van der Waals surface area contributed by atoms with E-state index in [1.807, 2.05) is 19.1 Å². The highest BCUT2D eigenvalue weighted by molar-refractivity contribution is 5.16. The van der Waals surface area contributed by atoms with E-state index in [2.05, 4.69) is 13.0 Å². The van der Waals surface area contributed by atoms with Crippen LogP contribution in [-0.2, 0) is 0 Å². The van der Waals surface area contributed by atoms with Gasteiger partial charge in [0.15, 0.2) is 0 Å². The van der Waals surface area contributed by atoms with Crippen molar-refractivity contribution < 1.29 is 5.11 Å². The molecular weight excluding hydrogens is 172 g/mol. The minimum atomic E-state index is 0.317. The van der Waals surface area contributed by atoms with Crippen molar-refractivity contribution in [3.8, 4) is 0 Å². The molecule has 0 radical (unpaired) electrons. The third-order valence-electron chi connectivity index (χ3n) is 1.96. The summed E-state index contributed by atoms with van der Waals surface area (Å²) in [6, 6.07) is 0. The van der Waals surface area contributed by atoms with Crippen LogP contribution in [0, 0.1) is 0 Å². The zero-order valence-corrected chi connectivity index (χ0v) is 9.37.